The number of hydrogen-bond acceptors (Lipinski definition) is 3. The third kappa shape index (κ3) is 2.94. The van der Waals surface area contributed by atoms with E-state index in [-0.39, 0.29) is 5.56 Å². The first-order valence-electron chi connectivity index (χ1n) is 7.20. The van der Waals surface area contributed by atoms with E-state index >= 15 is 0 Å². The minimum absolute atomic E-state index is 0.0257. The van der Waals surface area contributed by atoms with Crippen LogP contribution in [-0.4, -0.2) is 20.4 Å². The summed E-state index contributed by atoms with van der Waals surface area (Å²) >= 11 is 0. The predicted octanol–water partition coefficient (Wildman–Crippen LogP) is 3.72. The van der Waals surface area contributed by atoms with Gasteiger partial charge in [-0.3, -0.25) is 15.1 Å². The van der Waals surface area contributed by atoms with Crippen molar-refractivity contribution in [2.24, 2.45) is 0 Å². The Morgan fingerprint density at radius 2 is 1.96 bits per heavy atom. The van der Waals surface area contributed by atoms with Crippen LogP contribution in [-0.2, 0) is 12.7 Å². The van der Waals surface area contributed by atoms with E-state index in [1.807, 2.05) is 35.8 Å². The summed E-state index contributed by atoms with van der Waals surface area (Å²) in [6.45, 7) is 2.49. The maximum absolute atomic E-state index is 12.5. The number of rotatable bonds is 3. The maximum atomic E-state index is 12.5. The Hall–Kier alpha value is -2.90. The van der Waals surface area contributed by atoms with Crippen LogP contribution in [0, 0.1) is 0 Å². The third-order valence-electron chi connectivity index (χ3n) is 3.51. The molecule has 1 amide bonds. The molecule has 1 aromatic carbocycles. The van der Waals surface area contributed by atoms with E-state index in [1.165, 1.54) is 0 Å². The highest BCUT2D eigenvalue weighted by atomic mass is 19.4. The van der Waals surface area contributed by atoms with Crippen molar-refractivity contribution in [3.05, 3.63) is 53.9 Å². The van der Waals surface area contributed by atoms with Crippen LogP contribution in [0.15, 0.2) is 42.6 Å². The van der Waals surface area contributed by atoms with E-state index in [2.05, 4.69) is 15.3 Å². The summed E-state index contributed by atoms with van der Waals surface area (Å²) in [5.74, 6) is -0.232. The van der Waals surface area contributed by atoms with E-state index in [0.29, 0.717) is 12.5 Å². The first kappa shape index (κ1) is 16.0. The first-order valence-corrected chi connectivity index (χ1v) is 7.20. The van der Waals surface area contributed by atoms with Gasteiger partial charge in [0.2, 0.25) is 5.95 Å². The van der Waals surface area contributed by atoms with Crippen molar-refractivity contribution >= 4 is 22.9 Å². The Balaban J connectivity index is 1.87. The van der Waals surface area contributed by atoms with Gasteiger partial charge in [0.1, 0.15) is 5.69 Å². The number of carbonyl (C=O) groups excluding carboxylic acids is 1. The summed E-state index contributed by atoms with van der Waals surface area (Å²) in [6.07, 6.45) is -3.64. The number of imidazole rings is 1. The zero-order valence-corrected chi connectivity index (χ0v) is 12.6. The number of amides is 1. The second-order valence-electron chi connectivity index (χ2n) is 5.05. The molecule has 1 N–H and O–H groups in total. The van der Waals surface area contributed by atoms with Gasteiger partial charge in [-0.05, 0) is 31.2 Å². The number of anilines is 1. The number of nitrogens with one attached hydrogen (secondary N) is 1. The van der Waals surface area contributed by atoms with E-state index in [9.17, 15) is 18.0 Å². The Morgan fingerprint density at radius 3 is 2.58 bits per heavy atom. The fraction of sp³-hybridized carbons (Fsp3) is 0.188. The Labute approximate surface area is 135 Å². The van der Waals surface area contributed by atoms with Gasteiger partial charge in [-0.25, -0.2) is 4.98 Å². The van der Waals surface area contributed by atoms with Gasteiger partial charge in [0, 0.05) is 12.7 Å². The fourth-order valence-electron chi connectivity index (χ4n) is 2.36. The second kappa shape index (κ2) is 5.95. The van der Waals surface area contributed by atoms with Gasteiger partial charge in [-0.15, -0.1) is 0 Å². The van der Waals surface area contributed by atoms with Gasteiger partial charge >= 0.3 is 6.18 Å². The van der Waals surface area contributed by atoms with Gasteiger partial charge < -0.3 is 4.57 Å². The highest BCUT2D eigenvalue weighted by Crippen LogP contribution is 2.27. The average Bonchev–Trinajstić information content (AvgIpc) is 2.91. The number of nitrogens with zero attached hydrogens (tertiary/aromatic N) is 3. The molecule has 124 valence electrons. The van der Waals surface area contributed by atoms with E-state index in [1.54, 1.807) is 0 Å². The summed E-state index contributed by atoms with van der Waals surface area (Å²) in [5, 5.41) is 2.62. The van der Waals surface area contributed by atoms with E-state index < -0.39 is 17.8 Å². The Bertz CT molecular complexity index is 884. The zero-order valence-electron chi connectivity index (χ0n) is 12.6. The summed E-state index contributed by atoms with van der Waals surface area (Å²) in [7, 11) is 0. The summed E-state index contributed by atoms with van der Waals surface area (Å²) < 4.78 is 39.3. The molecule has 24 heavy (non-hydrogen) atoms. The SMILES string of the molecule is CCn1c(NC(=O)c2ccc(C(F)(F)F)nc2)nc2ccccc21. The lowest BCUT2D eigenvalue weighted by Gasteiger charge is -2.08. The maximum Gasteiger partial charge on any atom is 0.433 e. The molecule has 0 atom stereocenters. The van der Waals surface area contributed by atoms with Crippen molar-refractivity contribution < 1.29 is 18.0 Å². The lowest BCUT2D eigenvalue weighted by Crippen LogP contribution is -2.17. The van der Waals surface area contributed by atoms with Crippen LogP contribution in [0.3, 0.4) is 0 Å². The topological polar surface area (TPSA) is 59.8 Å². The van der Waals surface area contributed by atoms with E-state index in [0.717, 1.165) is 29.4 Å². The molecule has 0 aliphatic rings. The molecule has 5 nitrogen and oxygen atoms in total. The van der Waals surface area contributed by atoms with Crippen LogP contribution in [0.2, 0.25) is 0 Å². The fourth-order valence-corrected chi connectivity index (χ4v) is 2.36. The highest BCUT2D eigenvalue weighted by molar-refractivity contribution is 6.03. The summed E-state index contributed by atoms with van der Waals surface area (Å²) in [4.78, 5) is 19.9. The molecule has 8 heteroatoms. The lowest BCUT2D eigenvalue weighted by atomic mass is 10.2. The molecule has 0 spiro atoms. The summed E-state index contributed by atoms with van der Waals surface area (Å²) in [5.41, 5.74) is 0.568. The molecule has 0 fully saturated rings. The smallest absolute Gasteiger partial charge is 0.310 e. The molecule has 3 rings (SSSR count). The largest absolute Gasteiger partial charge is 0.433 e. The number of halogens is 3. The van der Waals surface area contributed by atoms with Gasteiger partial charge in [0.05, 0.1) is 16.6 Å². The van der Waals surface area contributed by atoms with Gasteiger partial charge in [-0.2, -0.15) is 13.2 Å². The number of alkyl halides is 3. The van der Waals surface area contributed by atoms with E-state index in [4.69, 9.17) is 0 Å². The van der Waals surface area contributed by atoms with Crippen molar-refractivity contribution in [3.63, 3.8) is 0 Å². The second-order valence-corrected chi connectivity index (χ2v) is 5.05. The predicted molar refractivity (Wildman–Crippen MR) is 82.6 cm³/mol. The normalized spacial score (nSPS) is 11.7. The highest BCUT2D eigenvalue weighted by Gasteiger charge is 2.32. The standard InChI is InChI=1S/C16H13F3N4O/c1-2-23-12-6-4-3-5-11(12)21-15(23)22-14(24)10-7-8-13(20-9-10)16(17,18)19/h3-9H,2H2,1H3,(H,21,22,24). The molecule has 0 saturated carbocycles. The molecule has 0 saturated heterocycles. The van der Waals surface area contributed by atoms with Crippen LogP contribution >= 0.6 is 0 Å². The number of pyridine rings is 1. The van der Waals surface area contributed by atoms with Crippen molar-refractivity contribution in [1.82, 2.24) is 14.5 Å². The molecule has 2 heterocycles. The molecular formula is C16H13F3N4O. The first-order chi connectivity index (χ1) is 11.4. The minimum Gasteiger partial charge on any atom is -0.310 e. The van der Waals surface area contributed by atoms with Gasteiger partial charge in [0.15, 0.2) is 0 Å². The monoisotopic (exact) mass is 334 g/mol. The molecule has 0 radical (unpaired) electrons. The molecule has 2 aromatic heterocycles. The average molecular weight is 334 g/mol. The van der Waals surface area contributed by atoms with Crippen molar-refractivity contribution in [3.8, 4) is 0 Å². The molecule has 0 aliphatic heterocycles. The van der Waals surface area contributed by atoms with Gasteiger partial charge in [0.25, 0.3) is 5.91 Å². The molecule has 0 unspecified atom stereocenters. The molecule has 3 aromatic rings. The molecule has 0 bridgehead atoms. The number of hydrogen-bond donors (Lipinski definition) is 1. The Morgan fingerprint density at radius 1 is 1.21 bits per heavy atom. The molecule has 0 aliphatic carbocycles. The van der Waals surface area contributed by atoms with Crippen molar-refractivity contribution in [2.45, 2.75) is 19.6 Å². The van der Waals surface area contributed by atoms with Crippen molar-refractivity contribution in [1.29, 1.82) is 0 Å². The van der Waals surface area contributed by atoms with Gasteiger partial charge in [-0.1, -0.05) is 12.1 Å². The lowest BCUT2D eigenvalue weighted by molar-refractivity contribution is -0.141. The van der Waals surface area contributed by atoms with Crippen LogP contribution in [0.5, 0.6) is 0 Å². The quantitative estimate of drug-likeness (QED) is 0.794. The zero-order chi connectivity index (χ0) is 17.3. The number of fused-ring (bicyclic) bond motifs is 1. The number of para-hydroxylation sites is 2. The number of benzene rings is 1. The van der Waals surface area contributed by atoms with Crippen LogP contribution in [0.25, 0.3) is 11.0 Å². The Kier molecular flexibility index (Phi) is 3.96. The number of aryl methyl sites for hydroxylation is 1. The third-order valence-corrected chi connectivity index (χ3v) is 3.51. The van der Waals surface area contributed by atoms with Crippen LogP contribution in [0.1, 0.15) is 23.0 Å². The van der Waals surface area contributed by atoms with Crippen LogP contribution in [0.4, 0.5) is 19.1 Å². The van der Waals surface area contributed by atoms with Crippen LogP contribution < -0.4 is 5.32 Å². The number of carbonyl (C=O) groups is 1. The minimum atomic E-state index is -4.54. The number of aromatic nitrogens is 3. The molecular weight excluding hydrogens is 321 g/mol. The summed E-state index contributed by atoms with van der Waals surface area (Å²) in [6, 6.07) is 9.25. The van der Waals surface area contributed by atoms with Crippen molar-refractivity contribution in [2.75, 3.05) is 5.32 Å².